The van der Waals surface area contributed by atoms with E-state index in [0.29, 0.717) is 26.2 Å². The SMILES string of the molecule is O[C@@H](CN1CCO[C@@H](Cn2cncn2)C1)c1ccc(F)cc1F. The summed E-state index contributed by atoms with van der Waals surface area (Å²) in [5.41, 5.74) is 0.103. The maximum absolute atomic E-state index is 13.7. The molecule has 1 aromatic carbocycles. The third-order valence-electron chi connectivity index (χ3n) is 3.83. The minimum atomic E-state index is -1.01. The van der Waals surface area contributed by atoms with E-state index in [9.17, 15) is 13.9 Å². The Morgan fingerprint density at radius 1 is 1.39 bits per heavy atom. The highest BCUT2D eigenvalue weighted by Crippen LogP contribution is 2.20. The average molecular weight is 324 g/mol. The molecule has 0 bridgehead atoms. The molecule has 0 saturated carbocycles. The number of hydrogen-bond donors (Lipinski definition) is 1. The molecule has 3 rings (SSSR count). The van der Waals surface area contributed by atoms with Gasteiger partial charge in [0.2, 0.25) is 0 Å². The lowest BCUT2D eigenvalue weighted by Crippen LogP contribution is -2.45. The summed E-state index contributed by atoms with van der Waals surface area (Å²) in [5.74, 6) is -1.39. The van der Waals surface area contributed by atoms with Gasteiger partial charge in [0.25, 0.3) is 0 Å². The van der Waals surface area contributed by atoms with Crippen LogP contribution in [0.3, 0.4) is 0 Å². The Bertz CT molecular complexity index is 638. The molecule has 23 heavy (non-hydrogen) atoms. The Morgan fingerprint density at radius 3 is 3.00 bits per heavy atom. The first kappa shape index (κ1) is 16.0. The molecule has 1 aliphatic heterocycles. The van der Waals surface area contributed by atoms with Crippen molar-refractivity contribution in [3.8, 4) is 0 Å². The molecule has 1 N–H and O–H groups in total. The zero-order chi connectivity index (χ0) is 16.2. The van der Waals surface area contributed by atoms with E-state index in [4.69, 9.17) is 4.74 Å². The lowest BCUT2D eigenvalue weighted by Gasteiger charge is -2.34. The predicted octanol–water partition coefficient (Wildman–Crippen LogP) is 0.991. The fourth-order valence-electron chi connectivity index (χ4n) is 2.71. The molecule has 1 aromatic heterocycles. The van der Waals surface area contributed by atoms with E-state index >= 15 is 0 Å². The van der Waals surface area contributed by atoms with Crippen molar-refractivity contribution in [2.45, 2.75) is 18.8 Å². The van der Waals surface area contributed by atoms with E-state index in [-0.39, 0.29) is 18.2 Å². The Balaban J connectivity index is 1.58. The van der Waals surface area contributed by atoms with E-state index in [1.165, 1.54) is 12.4 Å². The largest absolute Gasteiger partial charge is 0.387 e. The second-order valence-electron chi connectivity index (χ2n) is 5.55. The highest BCUT2D eigenvalue weighted by atomic mass is 19.1. The van der Waals surface area contributed by atoms with Gasteiger partial charge in [0.15, 0.2) is 0 Å². The standard InChI is InChI=1S/C15H18F2N4O2/c16-11-1-2-13(14(17)5-11)15(22)8-20-3-4-23-12(6-20)7-21-10-18-9-19-21/h1-2,5,9-10,12,15,22H,3-4,6-8H2/t12-,15+/m1/s1. The minimum absolute atomic E-state index is 0.0734. The van der Waals surface area contributed by atoms with Crippen LogP contribution in [0.15, 0.2) is 30.9 Å². The molecule has 0 radical (unpaired) electrons. The van der Waals surface area contributed by atoms with Crippen LogP contribution in [0.25, 0.3) is 0 Å². The Hall–Kier alpha value is -1.90. The Kier molecular flexibility index (Phi) is 4.94. The lowest BCUT2D eigenvalue weighted by molar-refractivity contribution is -0.0489. The van der Waals surface area contributed by atoms with Crippen molar-refractivity contribution in [3.63, 3.8) is 0 Å². The van der Waals surface area contributed by atoms with E-state index in [0.717, 1.165) is 12.1 Å². The monoisotopic (exact) mass is 324 g/mol. The number of β-amino-alcohol motifs (C(OH)–C–C–N with tert-alkyl or cyclic N) is 1. The third-order valence-corrected chi connectivity index (χ3v) is 3.83. The van der Waals surface area contributed by atoms with Crippen molar-refractivity contribution in [2.24, 2.45) is 0 Å². The van der Waals surface area contributed by atoms with Crippen LogP contribution in [0, 0.1) is 11.6 Å². The first-order valence-electron chi connectivity index (χ1n) is 7.41. The van der Waals surface area contributed by atoms with E-state index in [1.54, 1.807) is 11.0 Å². The van der Waals surface area contributed by atoms with Gasteiger partial charge in [-0.2, -0.15) is 5.10 Å². The maximum Gasteiger partial charge on any atom is 0.137 e. The summed E-state index contributed by atoms with van der Waals surface area (Å²) >= 11 is 0. The summed E-state index contributed by atoms with van der Waals surface area (Å²) in [4.78, 5) is 5.88. The van der Waals surface area contributed by atoms with Crippen molar-refractivity contribution in [1.82, 2.24) is 19.7 Å². The van der Waals surface area contributed by atoms with Gasteiger partial charge in [0.05, 0.1) is 25.4 Å². The number of ether oxygens (including phenoxy) is 1. The van der Waals surface area contributed by atoms with Gasteiger partial charge in [-0.3, -0.25) is 9.58 Å². The molecule has 0 spiro atoms. The first-order chi connectivity index (χ1) is 11.1. The number of aliphatic hydroxyl groups excluding tert-OH is 1. The minimum Gasteiger partial charge on any atom is -0.387 e. The quantitative estimate of drug-likeness (QED) is 0.889. The molecule has 2 atom stereocenters. The predicted molar refractivity (Wildman–Crippen MR) is 77.5 cm³/mol. The maximum atomic E-state index is 13.7. The first-order valence-corrected chi connectivity index (χ1v) is 7.41. The molecule has 1 saturated heterocycles. The van der Waals surface area contributed by atoms with Crippen LogP contribution in [0.4, 0.5) is 8.78 Å². The molecule has 0 amide bonds. The summed E-state index contributed by atoms with van der Waals surface area (Å²) < 4.78 is 34.0. The van der Waals surface area contributed by atoms with Crippen LogP contribution in [0.2, 0.25) is 0 Å². The molecule has 8 heteroatoms. The molecular formula is C15H18F2N4O2. The number of halogens is 2. The number of aromatic nitrogens is 3. The van der Waals surface area contributed by atoms with E-state index in [2.05, 4.69) is 10.1 Å². The summed E-state index contributed by atoms with van der Waals surface area (Å²) in [6, 6.07) is 3.21. The number of benzene rings is 1. The summed E-state index contributed by atoms with van der Waals surface area (Å²) in [6.45, 7) is 2.60. The van der Waals surface area contributed by atoms with Crippen molar-refractivity contribution < 1.29 is 18.6 Å². The molecule has 6 nitrogen and oxygen atoms in total. The molecule has 1 fully saturated rings. The molecular weight excluding hydrogens is 306 g/mol. The molecule has 2 aromatic rings. The average Bonchev–Trinajstić information content (AvgIpc) is 3.00. The number of hydrogen-bond acceptors (Lipinski definition) is 5. The topological polar surface area (TPSA) is 63.4 Å². The van der Waals surface area contributed by atoms with Crippen LogP contribution in [0.5, 0.6) is 0 Å². The van der Waals surface area contributed by atoms with Crippen LogP contribution in [0.1, 0.15) is 11.7 Å². The summed E-state index contributed by atoms with van der Waals surface area (Å²) in [7, 11) is 0. The Labute approximate surface area is 132 Å². The van der Waals surface area contributed by atoms with Gasteiger partial charge in [0, 0.05) is 31.3 Å². The Morgan fingerprint density at radius 2 is 2.26 bits per heavy atom. The second kappa shape index (κ2) is 7.12. The van der Waals surface area contributed by atoms with Crippen LogP contribution < -0.4 is 0 Å². The van der Waals surface area contributed by atoms with Crippen molar-refractivity contribution in [3.05, 3.63) is 48.1 Å². The van der Waals surface area contributed by atoms with Crippen LogP contribution in [-0.2, 0) is 11.3 Å². The van der Waals surface area contributed by atoms with Crippen molar-refractivity contribution >= 4 is 0 Å². The third kappa shape index (κ3) is 4.10. The molecule has 1 aliphatic rings. The van der Waals surface area contributed by atoms with E-state index in [1.807, 2.05) is 4.90 Å². The van der Waals surface area contributed by atoms with Gasteiger partial charge in [0.1, 0.15) is 24.3 Å². The fraction of sp³-hybridized carbons (Fsp3) is 0.467. The number of aliphatic hydroxyl groups is 1. The van der Waals surface area contributed by atoms with Gasteiger partial charge in [-0.15, -0.1) is 0 Å². The number of rotatable bonds is 5. The smallest absolute Gasteiger partial charge is 0.137 e. The van der Waals surface area contributed by atoms with E-state index < -0.39 is 17.7 Å². The number of nitrogens with zero attached hydrogens (tertiary/aromatic N) is 4. The lowest BCUT2D eigenvalue weighted by atomic mass is 10.1. The van der Waals surface area contributed by atoms with Gasteiger partial charge < -0.3 is 9.84 Å². The highest BCUT2D eigenvalue weighted by Gasteiger charge is 2.24. The van der Waals surface area contributed by atoms with Gasteiger partial charge in [-0.05, 0) is 6.07 Å². The zero-order valence-corrected chi connectivity index (χ0v) is 12.5. The summed E-state index contributed by atoms with van der Waals surface area (Å²) in [5, 5.41) is 14.3. The van der Waals surface area contributed by atoms with Crippen LogP contribution in [-0.4, -0.2) is 57.1 Å². The number of morpholine rings is 1. The molecule has 124 valence electrons. The molecule has 0 unspecified atom stereocenters. The van der Waals surface area contributed by atoms with Crippen molar-refractivity contribution in [1.29, 1.82) is 0 Å². The molecule has 0 aliphatic carbocycles. The normalized spacial score (nSPS) is 20.6. The highest BCUT2D eigenvalue weighted by molar-refractivity contribution is 5.21. The summed E-state index contributed by atoms with van der Waals surface area (Å²) in [6.07, 6.45) is 1.99. The van der Waals surface area contributed by atoms with Gasteiger partial charge >= 0.3 is 0 Å². The zero-order valence-electron chi connectivity index (χ0n) is 12.5. The van der Waals surface area contributed by atoms with Crippen molar-refractivity contribution in [2.75, 3.05) is 26.2 Å². The second-order valence-corrected chi connectivity index (χ2v) is 5.55. The molecule has 2 heterocycles. The fourth-order valence-corrected chi connectivity index (χ4v) is 2.71. The van der Waals surface area contributed by atoms with Gasteiger partial charge in [-0.1, -0.05) is 6.07 Å². The van der Waals surface area contributed by atoms with Gasteiger partial charge in [-0.25, -0.2) is 13.8 Å². The van der Waals surface area contributed by atoms with Crippen LogP contribution >= 0.6 is 0 Å².